The maximum absolute atomic E-state index is 5.60. The largest absolute Gasteiger partial charge is 0.378 e. The van der Waals surface area contributed by atoms with Crippen LogP contribution >= 0.6 is 0 Å². The van der Waals surface area contributed by atoms with Crippen LogP contribution in [-0.4, -0.2) is 47.1 Å². The fraction of sp³-hybridized carbons (Fsp3) is 0.538. The van der Waals surface area contributed by atoms with E-state index in [2.05, 4.69) is 15.4 Å². The quantitative estimate of drug-likeness (QED) is 0.898. The lowest BCUT2D eigenvalue weighted by Crippen LogP contribution is -2.39. The highest BCUT2D eigenvalue weighted by Gasteiger charge is 2.34. The first kappa shape index (κ1) is 12.4. The smallest absolute Gasteiger partial charge is 0.152 e. The van der Waals surface area contributed by atoms with E-state index in [9.17, 15) is 0 Å². The number of hydrogen-bond acceptors (Lipinski definition) is 5. The summed E-state index contributed by atoms with van der Waals surface area (Å²) in [5.41, 5.74) is 1.70. The second-order valence-electron chi connectivity index (χ2n) is 4.93. The molecule has 2 aromatic heterocycles. The highest BCUT2D eigenvalue weighted by molar-refractivity contribution is 5.67. The monoisotopic (exact) mass is 262 g/mol. The molecule has 1 unspecified atom stereocenters. The molecule has 6 nitrogen and oxygen atoms in total. The van der Waals surface area contributed by atoms with Gasteiger partial charge in [-0.05, 0) is 13.0 Å². The Morgan fingerprint density at radius 2 is 2.47 bits per heavy atom. The molecule has 0 bridgehead atoms. The molecular formula is C13H18N4O2. The zero-order valence-electron chi connectivity index (χ0n) is 11.2. The fourth-order valence-corrected chi connectivity index (χ4v) is 2.39. The Morgan fingerprint density at radius 3 is 3.21 bits per heavy atom. The van der Waals surface area contributed by atoms with Gasteiger partial charge in [-0.3, -0.25) is 0 Å². The van der Waals surface area contributed by atoms with Gasteiger partial charge in [0.15, 0.2) is 5.82 Å². The molecule has 1 aliphatic rings. The molecule has 3 rings (SSSR count). The molecule has 19 heavy (non-hydrogen) atoms. The van der Waals surface area contributed by atoms with Gasteiger partial charge in [0.1, 0.15) is 11.1 Å². The predicted molar refractivity (Wildman–Crippen MR) is 71.4 cm³/mol. The molecule has 0 amide bonds. The van der Waals surface area contributed by atoms with Crippen LogP contribution in [0.15, 0.2) is 18.5 Å². The van der Waals surface area contributed by atoms with Crippen LogP contribution in [0.4, 0.5) is 5.82 Å². The summed E-state index contributed by atoms with van der Waals surface area (Å²) in [7, 11) is 1.73. The van der Waals surface area contributed by atoms with Gasteiger partial charge in [-0.15, -0.1) is 0 Å². The number of nitrogens with zero attached hydrogens (tertiary/aromatic N) is 3. The number of anilines is 1. The molecule has 6 heteroatoms. The standard InChI is InChI=1S/C13H18N4O2/c1-10-7-11-12(14-4-5-17(11)16-10)15-8-13(18-2)3-6-19-9-13/h4-5,7H,3,6,8-9H2,1-2H3,(H,14,15). The van der Waals surface area contributed by atoms with Gasteiger partial charge in [0.05, 0.1) is 12.3 Å². The third-order valence-electron chi connectivity index (χ3n) is 3.59. The van der Waals surface area contributed by atoms with Crippen molar-refractivity contribution >= 4 is 11.3 Å². The second-order valence-corrected chi connectivity index (χ2v) is 4.93. The maximum Gasteiger partial charge on any atom is 0.152 e. The van der Waals surface area contributed by atoms with Gasteiger partial charge in [0, 0.05) is 39.1 Å². The summed E-state index contributed by atoms with van der Waals surface area (Å²) in [5.74, 6) is 0.825. The molecular weight excluding hydrogens is 244 g/mol. The fourth-order valence-electron chi connectivity index (χ4n) is 2.39. The zero-order valence-corrected chi connectivity index (χ0v) is 11.2. The summed E-state index contributed by atoms with van der Waals surface area (Å²) >= 11 is 0. The number of aryl methyl sites for hydroxylation is 1. The Hall–Kier alpha value is -1.66. The van der Waals surface area contributed by atoms with Gasteiger partial charge in [0.25, 0.3) is 0 Å². The van der Waals surface area contributed by atoms with Crippen LogP contribution in [0.5, 0.6) is 0 Å². The summed E-state index contributed by atoms with van der Waals surface area (Å²) < 4.78 is 12.9. The van der Waals surface area contributed by atoms with Crippen molar-refractivity contribution in [3.63, 3.8) is 0 Å². The van der Waals surface area contributed by atoms with Crippen LogP contribution in [-0.2, 0) is 9.47 Å². The normalized spacial score (nSPS) is 23.1. The van der Waals surface area contributed by atoms with Crippen LogP contribution in [0.3, 0.4) is 0 Å². The highest BCUT2D eigenvalue weighted by Crippen LogP contribution is 2.24. The second kappa shape index (κ2) is 4.79. The van der Waals surface area contributed by atoms with E-state index in [1.807, 2.05) is 23.7 Å². The lowest BCUT2D eigenvalue weighted by molar-refractivity contribution is -0.00623. The van der Waals surface area contributed by atoms with Crippen LogP contribution in [0.2, 0.25) is 0 Å². The van der Waals surface area contributed by atoms with E-state index in [0.717, 1.165) is 30.1 Å². The average Bonchev–Trinajstić information content (AvgIpc) is 3.02. The highest BCUT2D eigenvalue weighted by atomic mass is 16.5. The van der Waals surface area contributed by atoms with Crippen molar-refractivity contribution in [2.24, 2.45) is 0 Å². The van der Waals surface area contributed by atoms with E-state index < -0.39 is 0 Å². The van der Waals surface area contributed by atoms with Gasteiger partial charge in [-0.2, -0.15) is 5.10 Å². The summed E-state index contributed by atoms with van der Waals surface area (Å²) in [4.78, 5) is 4.38. The Balaban J connectivity index is 1.81. The van der Waals surface area contributed by atoms with E-state index in [-0.39, 0.29) is 5.60 Å². The summed E-state index contributed by atoms with van der Waals surface area (Å²) in [6.45, 7) is 4.02. The van der Waals surface area contributed by atoms with E-state index in [1.54, 1.807) is 13.3 Å². The third-order valence-corrected chi connectivity index (χ3v) is 3.59. The number of hydrogen-bond donors (Lipinski definition) is 1. The molecule has 0 spiro atoms. The Bertz CT molecular complexity index is 575. The number of rotatable bonds is 4. The molecule has 0 saturated carbocycles. The van der Waals surface area contributed by atoms with Gasteiger partial charge in [-0.25, -0.2) is 9.50 Å². The Kier molecular flexibility index (Phi) is 3.12. The molecule has 0 radical (unpaired) electrons. The average molecular weight is 262 g/mol. The van der Waals surface area contributed by atoms with Crippen molar-refractivity contribution in [1.29, 1.82) is 0 Å². The number of fused-ring (bicyclic) bond motifs is 1. The molecule has 1 aliphatic heterocycles. The molecule has 0 aromatic carbocycles. The first-order valence-corrected chi connectivity index (χ1v) is 6.40. The van der Waals surface area contributed by atoms with Crippen LogP contribution in [0.25, 0.3) is 5.52 Å². The van der Waals surface area contributed by atoms with E-state index >= 15 is 0 Å². The van der Waals surface area contributed by atoms with E-state index in [0.29, 0.717) is 13.2 Å². The SMILES string of the molecule is COC1(CNc2nccn3nc(C)cc23)CCOC1. The molecule has 102 valence electrons. The Morgan fingerprint density at radius 1 is 1.58 bits per heavy atom. The number of ether oxygens (including phenoxy) is 2. The molecule has 1 saturated heterocycles. The lowest BCUT2D eigenvalue weighted by Gasteiger charge is -2.26. The minimum absolute atomic E-state index is 0.246. The first-order chi connectivity index (χ1) is 9.22. The Labute approximate surface area is 111 Å². The molecule has 1 atom stereocenters. The summed E-state index contributed by atoms with van der Waals surface area (Å²) in [6.07, 6.45) is 4.49. The molecule has 0 aliphatic carbocycles. The van der Waals surface area contributed by atoms with Gasteiger partial charge < -0.3 is 14.8 Å². The third kappa shape index (κ3) is 2.29. The summed E-state index contributed by atoms with van der Waals surface area (Å²) in [5, 5.41) is 7.73. The molecule has 1 N–H and O–H groups in total. The van der Waals surface area contributed by atoms with Crippen molar-refractivity contribution in [1.82, 2.24) is 14.6 Å². The van der Waals surface area contributed by atoms with Crippen molar-refractivity contribution in [2.45, 2.75) is 18.9 Å². The van der Waals surface area contributed by atoms with Crippen molar-refractivity contribution in [2.75, 3.05) is 32.2 Å². The lowest BCUT2D eigenvalue weighted by atomic mass is 10.0. The topological polar surface area (TPSA) is 60.7 Å². The summed E-state index contributed by atoms with van der Waals surface area (Å²) in [6, 6.07) is 2.01. The van der Waals surface area contributed by atoms with Gasteiger partial charge >= 0.3 is 0 Å². The van der Waals surface area contributed by atoms with Crippen molar-refractivity contribution in [3.8, 4) is 0 Å². The van der Waals surface area contributed by atoms with Gasteiger partial charge in [0.2, 0.25) is 0 Å². The number of aromatic nitrogens is 3. The first-order valence-electron chi connectivity index (χ1n) is 6.40. The van der Waals surface area contributed by atoms with E-state index in [1.165, 1.54) is 0 Å². The molecule has 2 aromatic rings. The van der Waals surface area contributed by atoms with E-state index in [4.69, 9.17) is 9.47 Å². The van der Waals surface area contributed by atoms with Crippen molar-refractivity contribution < 1.29 is 9.47 Å². The molecule has 1 fully saturated rings. The van der Waals surface area contributed by atoms with Crippen molar-refractivity contribution in [3.05, 3.63) is 24.2 Å². The van der Waals surface area contributed by atoms with Crippen LogP contribution in [0.1, 0.15) is 12.1 Å². The predicted octanol–water partition coefficient (Wildman–Crippen LogP) is 1.26. The van der Waals surface area contributed by atoms with Crippen LogP contribution < -0.4 is 5.32 Å². The molecule has 3 heterocycles. The van der Waals surface area contributed by atoms with Crippen LogP contribution in [0, 0.1) is 6.92 Å². The van der Waals surface area contributed by atoms with Gasteiger partial charge in [-0.1, -0.05) is 0 Å². The zero-order chi connectivity index (χ0) is 13.3. The minimum Gasteiger partial charge on any atom is -0.378 e. The number of methoxy groups -OCH3 is 1. The minimum atomic E-state index is -0.246. The number of nitrogens with one attached hydrogen (secondary N) is 1. The maximum atomic E-state index is 5.60.